The zero-order valence-electron chi connectivity index (χ0n) is 17.1. The molecule has 0 aromatic heterocycles. The summed E-state index contributed by atoms with van der Waals surface area (Å²) in [6.07, 6.45) is 0.926. The maximum absolute atomic E-state index is 12.1. The minimum absolute atomic E-state index is 0. The second-order valence-corrected chi connectivity index (χ2v) is 6.67. The monoisotopic (exact) mass is 494 g/mol. The standard InChI is InChI=1S/C22H30N4O.HI/c1-5-11-24-21(27)19-8-6-7-18(13-19)14-25-22(23-4)26-15-20-10-9-16(2)12-17(20)3;/h6-10,12-13H,5,11,14-15H2,1-4H3,(H,24,27)(H2,23,25,26);1H. The number of guanidine groups is 1. The Morgan fingerprint density at radius 1 is 1.00 bits per heavy atom. The van der Waals surface area contributed by atoms with Gasteiger partial charge >= 0.3 is 0 Å². The lowest BCUT2D eigenvalue weighted by atomic mass is 10.1. The van der Waals surface area contributed by atoms with Gasteiger partial charge in [-0.1, -0.05) is 42.8 Å². The molecular formula is C22H31IN4O. The zero-order chi connectivity index (χ0) is 19.6. The minimum Gasteiger partial charge on any atom is -0.352 e. The number of aryl methyl sites for hydroxylation is 2. The summed E-state index contributed by atoms with van der Waals surface area (Å²) in [6.45, 7) is 8.26. The Kier molecular flexibility index (Phi) is 10.6. The van der Waals surface area contributed by atoms with Gasteiger partial charge in [-0.05, 0) is 49.1 Å². The van der Waals surface area contributed by atoms with Crippen LogP contribution in [0, 0.1) is 13.8 Å². The highest BCUT2D eigenvalue weighted by atomic mass is 127. The number of carbonyl (C=O) groups excluding carboxylic acids is 1. The van der Waals surface area contributed by atoms with Gasteiger partial charge in [-0.2, -0.15) is 0 Å². The van der Waals surface area contributed by atoms with E-state index >= 15 is 0 Å². The van der Waals surface area contributed by atoms with E-state index in [-0.39, 0.29) is 29.9 Å². The van der Waals surface area contributed by atoms with Crippen LogP contribution in [0.1, 0.15) is 46.0 Å². The predicted molar refractivity (Wildman–Crippen MR) is 127 cm³/mol. The van der Waals surface area contributed by atoms with Gasteiger partial charge in [0.05, 0.1) is 0 Å². The molecule has 0 atom stereocenters. The molecule has 2 aromatic carbocycles. The van der Waals surface area contributed by atoms with Gasteiger partial charge in [0.25, 0.3) is 5.91 Å². The third-order valence-corrected chi connectivity index (χ3v) is 4.35. The Hall–Kier alpha value is -2.09. The minimum atomic E-state index is -0.0314. The van der Waals surface area contributed by atoms with Crippen molar-refractivity contribution in [2.75, 3.05) is 13.6 Å². The smallest absolute Gasteiger partial charge is 0.251 e. The maximum Gasteiger partial charge on any atom is 0.251 e. The summed E-state index contributed by atoms with van der Waals surface area (Å²) < 4.78 is 0. The number of rotatable bonds is 7. The van der Waals surface area contributed by atoms with Gasteiger partial charge in [-0.3, -0.25) is 9.79 Å². The number of hydrogen-bond donors (Lipinski definition) is 3. The predicted octanol–water partition coefficient (Wildman–Crippen LogP) is 3.93. The average Bonchev–Trinajstić information content (AvgIpc) is 2.67. The molecule has 0 bridgehead atoms. The molecule has 0 heterocycles. The van der Waals surface area contributed by atoms with Crippen molar-refractivity contribution < 1.29 is 4.79 Å². The van der Waals surface area contributed by atoms with Crippen LogP contribution in [0.4, 0.5) is 0 Å². The van der Waals surface area contributed by atoms with Crippen LogP contribution in [-0.2, 0) is 13.1 Å². The van der Waals surface area contributed by atoms with Crippen molar-refractivity contribution >= 4 is 35.8 Å². The first-order valence-corrected chi connectivity index (χ1v) is 9.41. The molecule has 2 rings (SSSR count). The van der Waals surface area contributed by atoms with Gasteiger partial charge in [0, 0.05) is 32.2 Å². The first-order valence-electron chi connectivity index (χ1n) is 9.41. The molecule has 6 heteroatoms. The van der Waals surface area contributed by atoms with Crippen molar-refractivity contribution in [1.82, 2.24) is 16.0 Å². The van der Waals surface area contributed by atoms with Crippen molar-refractivity contribution in [3.63, 3.8) is 0 Å². The van der Waals surface area contributed by atoms with Gasteiger partial charge in [-0.15, -0.1) is 24.0 Å². The lowest BCUT2D eigenvalue weighted by Gasteiger charge is -2.14. The van der Waals surface area contributed by atoms with Crippen LogP contribution in [0.3, 0.4) is 0 Å². The lowest BCUT2D eigenvalue weighted by molar-refractivity contribution is 0.0953. The number of nitrogens with zero attached hydrogens (tertiary/aromatic N) is 1. The Bertz CT molecular complexity index is 805. The summed E-state index contributed by atoms with van der Waals surface area (Å²) in [5.74, 6) is 0.701. The molecule has 0 fully saturated rings. The molecule has 0 aliphatic rings. The molecule has 28 heavy (non-hydrogen) atoms. The summed E-state index contributed by atoms with van der Waals surface area (Å²) in [5, 5.41) is 9.55. The van der Waals surface area contributed by atoms with Gasteiger partial charge in [0.1, 0.15) is 0 Å². The quantitative estimate of drug-likeness (QED) is 0.311. The molecular weight excluding hydrogens is 463 g/mol. The third-order valence-electron chi connectivity index (χ3n) is 4.35. The second kappa shape index (κ2) is 12.4. The van der Waals surface area contributed by atoms with E-state index in [0.29, 0.717) is 25.2 Å². The highest BCUT2D eigenvalue weighted by molar-refractivity contribution is 14.0. The molecule has 3 N–H and O–H groups in total. The largest absolute Gasteiger partial charge is 0.352 e. The summed E-state index contributed by atoms with van der Waals surface area (Å²) >= 11 is 0. The van der Waals surface area contributed by atoms with Crippen LogP contribution in [0.2, 0.25) is 0 Å². The van der Waals surface area contributed by atoms with E-state index in [0.717, 1.165) is 17.9 Å². The van der Waals surface area contributed by atoms with E-state index in [1.165, 1.54) is 16.7 Å². The molecule has 0 saturated heterocycles. The Balaban J connectivity index is 0.00000392. The van der Waals surface area contributed by atoms with Crippen molar-refractivity contribution in [1.29, 1.82) is 0 Å². The summed E-state index contributed by atoms with van der Waals surface area (Å²) in [7, 11) is 1.76. The summed E-state index contributed by atoms with van der Waals surface area (Å²) in [6, 6.07) is 14.1. The Morgan fingerprint density at radius 3 is 2.43 bits per heavy atom. The number of nitrogens with one attached hydrogen (secondary N) is 3. The first-order chi connectivity index (χ1) is 13.0. The number of benzene rings is 2. The van der Waals surface area contributed by atoms with Crippen LogP contribution in [0.5, 0.6) is 0 Å². The lowest BCUT2D eigenvalue weighted by Crippen LogP contribution is -2.36. The van der Waals surface area contributed by atoms with Gasteiger partial charge in [-0.25, -0.2) is 0 Å². The highest BCUT2D eigenvalue weighted by Gasteiger charge is 2.06. The topological polar surface area (TPSA) is 65.5 Å². The van der Waals surface area contributed by atoms with Crippen molar-refractivity contribution in [3.05, 3.63) is 70.3 Å². The van der Waals surface area contributed by atoms with Gasteiger partial charge in [0.15, 0.2) is 5.96 Å². The maximum atomic E-state index is 12.1. The molecule has 0 spiro atoms. The molecule has 0 aliphatic heterocycles. The fourth-order valence-electron chi connectivity index (χ4n) is 2.79. The number of aliphatic imine (C=N–C) groups is 1. The van der Waals surface area contributed by atoms with Crippen LogP contribution in [-0.4, -0.2) is 25.5 Å². The van der Waals surface area contributed by atoms with Gasteiger partial charge in [0.2, 0.25) is 0 Å². The van der Waals surface area contributed by atoms with Crippen LogP contribution in [0.15, 0.2) is 47.5 Å². The fourth-order valence-corrected chi connectivity index (χ4v) is 2.79. The molecule has 2 aromatic rings. The Morgan fingerprint density at radius 2 is 1.75 bits per heavy atom. The Labute approximate surface area is 185 Å². The van der Waals surface area contributed by atoms with Crippen molar-refractivity contribution in [3.8, 4) is 0 Å². The van der Waals surface area contributed by atoms with Crippen molar-refractivity contribution in [2.45, 2.75) is 40.3 Å². The molecule has 0 aliphatic carbocycles. The highest BCUT2D eigenvalue weighted by Crippen LogP contribution is 2.10. The molecule has 5 nitrogen and oxygen atoms in total. The van der Waals surface area contributed by atoms with E-state index in [2.05, 4.69) is 53.0 Å². The number of amides is 1. The van der Waals surface area contributed by atoms with Gasteiger partial charge < -0.3 is 16.0 Å². The summed E-state index contributed by atoms with van der Waals surface area (Å²) in [5.41, 5.74) is 5.50. The second-order valence-electron chi connectivity index (χ2n) is 6.67. The molecule has 1 amide bonds. The number of halogens is 1. The summed E-state index contributed by atoms with van der Waals surface area (Å²) in [4.78, 5) is 16.4. The third kappa shape index (κ3) is 7.50. The van der Waals surface area contributed by atoms with E-state index < -0.39 is 0 Å². The molecule has 0 unspecified atom stereocenters. The van der Waals surface area contributed by atoms with Crippen LogP contribution < -0.4 is 16.0 Å². The molecule has 152 valence electrons. The number of carbonyl (C=O) groups is 1. The molecule has 0 radical (unpaired) electrons. The zero-order valence-corrected chi connectivity index (χ0v) is 19.5. The first kappa shape index (κ1) is 23.9. The van der Waals surface area contributed by atoms with Crippen molar-refractivity contribution in [2.24, 2.45) is 4.99 Å². The van der Waals surface area contributed by atoms with E-state index in [9.17, 15) is 4.79 Å². The van der Waals surface area contributed by atoms with Crippen LogP contribution in [0.25, 0.3) is 0 Å². The van der Waals surface area contributed by atoms with E-state index in [4.69, 9.17) is 0 Å². The SMILES string of the molecule is CCCNC(=O)c1cccc(CNC(=NC)NCc2ccc(C)cc2C)c1.I. The van der Waals surface area contributed by atoms with Crippen LogP contribution >= 0.6 is 24.0 Å². The number of hydrogen-bond acceptors (Lipinski definition) is 2. The molecule has 0 saturated carbocycles. The fraction of sp³-hybridized carbons (Fsp3) is 0.364. The van der Waals surface area contributed by atoms with E-state index in [1.54, 1.807) is 7.05 Å². The average molecular weight is 494 g/mol. The van der Waals surface area contributed by atoms with E-state index in [1.807, 2.05) is 31.2 Å². The normalized spacial score (nSPS) is 10.8.